The van der Waals surface area contributed by atoms with Crippen LogP contribution in [-0.4, -0.2) is 11.4 Å². The van der Waals surface area contributed by atoms with E-state index in [4.69, 9.17) is 0 Å². The first-order chi connectivity index (χ1) is 5.43. The van der Waals surface area contributed by atoms with Gasteiger partial charge in [0, 0.05) is 12.4 Å². The molecule has 11 heavy (non-hydrogen) atoms. The first-order valence-corrected chi connectivity index (χ1v) is 3.06. The second-order valence-corrected chi connectivity index (χ2v) is 1.85. The summed E-state index contributed by atoms with van der Waals surface area (Å²) < 4.78 is 0. The van der Waals surface area contributed by atoms with Crippen LogP contribution in [0, 0.1) is 0 Å². The van der Waals surface area contributed by atoms with Gasteiger partial charge in [-0.05, 0) is 17.7 Å². The van der Waals surface area contributed by atoms with Crippen LogP contribution in [0.3, 0.4) is 0 Å². The number of nitrogens with zero attached hydrogens (tertiary/aromatic N) is 1. The molecular weight excluding hydrogens is 144 g/mol. The van der Waals surface area contributed by atoms with Crippen molar-refractivity contribution in [2.45, 2.75) is 6.61 Å². The highest BCUT2D eigenvalue weighted by molar-refractivity contribution is 5.44. The Labute approximate surface area is 64.2 Å². The lowest BCUT2D eigenvalue weighted by Gasteiger charge is -1.98. The second-order valence-electron chi connectivity index (χ2n) is 1.85. The normalized spacial score (nSPS) is 9.09. The van der Waals surface area contributed by atoms with Crippen molar-refractivity contribution in [2.24, 2.45) is 0 Å². The minimum absolute atomic E-state index is 0.331. The number of pyridine rings is 1. The van der Waals surface area contributed by atoms with Gasteiger partial charge >= 0.3 is 6.41 Å². The van der Waals surface area contributed by atoms with Crippen molar-refractivity contribution < 1.29 is 9.63 Å². The molecule has 1 N–H and O–H groups in total. The van der Waals surface area contributed by atoms with E-state index in [1.54, 1.807) is 24.5 Å². The smallest absolute Gasteiger partial charge is 0.268 e. The fourth-order valence-electron chi connectivity index (χ4n) is 0.628. The van der Waals surface area contributed by atoms with Gasteiger partial charge in [0.25, 0.3) is 0 Å². The number of aromatic nitrogens is 1. The molecule has 0 aliphatic rings. The van der Waals surface area contributed by atoms with Gasteiger partial charge in [-0.1, -0.05) is 0 Å². The van der Waals surface area contributed by atoms with Gasteiger partial charge in [-0.15, -0.1) is 0 Å². The van der Waals surface area contributed by atoms with Crippen molar-refractivity contribution in [1.82, 2.24) is 10.5 Å². The number of hydrogen-bond donors (Lipinski definition) is 1. The van der Waals surface area contributed by atoms with E-state index in [9.17, 15) is 4.79 Å². The Morgan fingerprint density at radius 3 is 2.91 bits per heavy atom. The number of nitrogens with one attached hydrogen (secondary N) is 1. The average molecular weight is 151 g/mol. The highest BCUT2D eigenvalue weighted by atomic mass is 16.6. The van der Waals surface area contributed by atoms with E-state index in [2.05, 4.69) is 9.82 Å². The maximum atomic E-state index is 9.62. The molecule has 57 valence electrons. The van der Waals surface area contributed by atoms with Gasteiger partial charge < -0.3 is 0 Å². The maximum absolute atomic E-state index is 9.62. The summed E-state index contributed by atoms with van der Waals surface area (Å²) in [5, 5.41) is 0. The van der Waals surface area contributed by atoms with Crippen LogP contribution >= 0.6 is 0 Å². The molecule has 0 aliphatic heterocycles. The molecule has 4 heteroatoms. The standard InChI is InChI=1S/C7H7N2O2/c10-6-9-11-5-7-1-3-8-4-2-7/h1-4H,5H2,(H,9,10). The summed E-state index contributed by atoms with van der Waals surface area (Å²) in [5.74, 6) is 0. The van der Waals surface area contributed by atoms with Gasteiger partial charge in [-0.25, -0.2) is 5.48 Å². The summed E-state index contributed by atoms with van der Waals surface area (Å²) in [4.78, 5) is 18.1. The highest BCUT2D eigenvalue weighted by Gasteiger charge is 1.89. The van der Waals surface area contributed by atoms with Crippen LogP contribution in [0.4, 0.5) is 0 Å². The van der Waals surface area contributed by atoms with E-state index in [0.29, 0.717) is 6.61 Å². The van der Waals surface area contributed by atoms with Crippen molar-refractivity contribution in [1.29, 1.82) is 0 Å². The molecule has 1 heterocycles. The average Bonchev–Trinajstić information content (AvgIpc) is 2.07. The van der Waals surface area contributed by atoms with Crippen molar-refractivity contribution in [3.8, 4) is 0 Å². The zero-order valence-corrected chi connectivity index (χ0v) is 5.78. The number of hydroxylamine groups is 1. The van der Waals surface area contributed by atoms with E-state index >= 15 is 0 Å². The molecule has 0 bridgehead atoms. The minimum Gasteiger partial charge on any atom is -0.268 e. The van der Waals surface area contributed by atoms with Crippen LogP contribution in [0.5, 0.6) is 0 Å². The van der Waals surface area contributed by atoms with Crippen molar-refractivity contribution in [2.75, 3.05) is 0 Å². The second kappa shape index (κ2) is 4.40. The molecule has 0 saturated heterocycles. The van der Waals surface area contributed by atoms with Crippen molar-refractivity contribution in [3.63, 3.8) is 0 Å². The molecule has 0 aliphatic carbocycles. The molecule has 1 rings (SSSR count). The third-order valence-electron chi connectivity index (χ3n) is 1.10. The van der Waals surface area contributed by atoms with Crippen molar-refractivity contribution in [3.05, 3.63) is 30.1 Å². The molecule has 1 amide bonds. The molecule has 1 radical (unpaired) electrons. The summed E-state index contributed by atoms with van der Waals surface area (Å²) in [7, 11) is 0. The quantitative estimate of drug-likeness (QED) is 0.379. The molecule has 0 saturated carbocycles. The van der Waals surface area contributed by atoms with Gasteiger partial charge in [0.05, 0.1) is 6.61 Å². The predicted molar refractivity (Wildman–Crippen MR) is 37.9 cm³/mol. The molecule has 1 aromatic heterocycles. The van der Waals surface area contributed by atoms with Crippen LogP contribution in [0.2, 0.25) is 0 Å². The molecule has 0 spiro atoms. The third-order valence-corrected chi connectivity index (χ3v) is 1.10. The third kappa shape index (κ3) is 2.77. The topological polar surface area (TPSA) is 51.2 Å². The number of carbonyl (C=O) groups excluding carboxylic acids is 1. The lowest BCUT2D eigenvalue weighted by Crippen LogP contribution is -2.10. The highest BCUT2D eigenvalue weighted by Crippen LogP contribution is 1.95. The number of hydrogen-bond acceptors (Lipinski definition) is 3. The fraction of sp³-hybridized carbons (Fsp3) is 0.143. The van der Waals surface area contributed by atoms with Gasteiger partial charge in [-0.3, -0.25) is 14.6 Å². The Balaban J connectivity index is 2.33. The van der Waals surface area contributed by atoms with Crippen LogP contribution in [0.25, 0.3) is 0 Å². The van der Waals surface area contributed by atoms with Gasteiger partial charge in [0.15, 0.2) is 0 Å². The largest absolute Gasteiger partial charge is 0.335 e. The summed E-state index contributed by atoms with van der Waals surface area (Å²) in [6.45, 7) is 0.331. The number of rotatable bonds is 4. The summed E-state index contributed by atoms with van der Waals surface area (Å²) in [6.07, 6.45) is 4.71. The molecule has 4 nitrogen and oxygen atoms in total. The van der Waals surface area contributed by atoms with Gasteiger partial charge in [0.2, 0.25) is 0 Å². The van der Waals surface area contributed by atoms with Crippen LogP contribution in [-0.2, 0) is 16.2 Å². The monoisotopic (exact) mass is 151 g/mol. The molecule has 0 atom stereocenters. The minimum atomic E-state index is 0.331. The Morgan fingerprint density at radius 1 is 1.55 bits per heavy atom. The Bertz CT molecular complexity index is 213. The van der Waals surface area contributed by atoms with Crippen LogP contribution < -0.4 is 5.48 Å². The Morgan fingerprint density at radius 2 is 2.27 bits per heavy atom. The van der Waals surface area contributed by atoms with E-state index in [1.807, 2.05) is 5.48 Å². The van der Waals surface area contributed by atoms with E-state index in [1.165, 1.54) is 6.41 Å². The van der Waals surface area contributed by atoms with E-state index in [-0.39, 0.29) is 0 Å². The van der Waals surface area contributed by atoms with E-state index in [0.717, 1.165) is 5.56 Å². The van der Waals surface area contributed by atoms with Crippen LogP contribution in [0.1, 0.15) is 5.56 Å². The predicted octanol–water partition coefficient (Wildman–Crippen LogP) is 0.170. The first kappa shape index (κ1) is 7.68. The maximum Gasteiger partial charge on any atom is 0.335 e. The fourth-order valence-corrected chi connectivity index (χ4v) is 0.628. The zero-order chi connectivity index (χ0) is 7.94. The lowest BCUT2D eigenvalue weighted by molar-refractivity contribution is 0.0691. The molecule has 1 aromatic rings. The van der Waals surface area contributed by atoms with E-state index < -0.39 is 0 Å². The Hall–Kier alpha value is -1.42. The SMILES string of the molecule is O=[C]NOCc1ccncc1. The van der Waals surface area contributed by atoms with Gasteiger partial charge in [0.1, 0.15) is 0 Å². The van der Waals surface area contributed by atoms with Crippen molar-refractivity contribution >= 4 is 6.41 Å². The number of amides is 1. The summed E-state index contributed by atoms with van der Waals surface area (Å²) >= 11 is 0. The zero-order valence-electron chi connectivity index (χ0n) is 5.78. The van der Waals surface area contributed by atoms with Crippen LogP contribution in [0.15, 0.2) is 24.5 Å². The lowest BCUT2D eigenvalue weighted by atomic mass is 10.3. The molecular formula is C7H7N2O2. The van der Waals surface area contributed by atoms with Gasteiger partial charge in [-0.2, -0.15) is 0 Å². The first-order valence-electron chi connectivity index (χ1n) is 3.06. The Kier molecular flexibility index (Phi) is 3.08. The summed E-state index contributed by atoms with van der Waals surface area (Å²) in [6, 6.07) is 3.60. The molecule has 0 aromatic carbocycles. The molecule has 0 fully saturated rings. The molecule has 0 unspecified atom stereocenters. The summed E-state index contributed by atoms with van der Waals surface area (Å²) in [5.41, 5.74) is 2.92.